The molecule has 28 heavy (non-hydrogen) atoms. The highest BCUT2D eigenvalue weighted by atomic mass is 35.5. The molecule has 6 nitrogen and oxygen atoms in total. The fourth-order valence-electron chi connectivity index (χ4n) is 2.68. The number of nitrogens with zero attached hydrogens (tertiary/aromatic N) is 2. The first-order valence-electron chi connectivity index (χ1n) is 8.48. The van der Waals surface area contributed by atoms with Crippen molar-refractivity contribution < 1.29 is 14.3 Å². The monoisotopic (exact) mass is 397 g/mol. The lowest BCUT2D eigenvalue weighted by Gasteiger charge is -2.10. The summed E-state index contributed by atoms with van der Waals surface area (Å²) in [6.45, 7) is 7.08. The van der Waals surface area contributed by atoms with Crippen LogP contribution in [0.3, 0.4) is 0 Å². The topological polar surface area (TPSA) is 84.1 Å². The minimum absolute atomic E-state index is 0.192. The zero-order chi connectivity index (χ0) is 20.7. The zero-order valence-electron chi connectivity index (χ0n) is 15.7. The summed E-state index contributed by atoms with van der Waals surface area (Å²) in [6, 6.07) is 11.1. The Labute approximate surface area is 168 Å². The van der Waals surface area contributed by atoms with Crippen molar-refractivity contribution in [1.29, 1.82) is 5.26 Å². The molecule has 1 amide bonds. The minimum atomic E-state index is -0.858. The first kappa shape index (κ1) is 21.0. The number of ether oxygens (including phenoxy) is 1. The van der Waals surface area contributed by atoms with E-state index < -0.39 is 18.5 Å². The van der Waals surface area contributed by atoms with Crippen LogP contribution in [0.1, 0.15) is 17.0 Å². The van der Waals surface area contributed by atoms with Crippen molar-refractivity contribution in [2.45, 2.75) is 13.8 Å². The molecular formula is C21H20ClN3O3. The molecule has 0 bridgehead atoms. The maximum atomic E-state index is 12.1. The maximum absolute atomic E-state index is 12.1. The van der Waals surface area contributed by atoms with Gasteiger partial charge in [0.1, 0.15) is 11.6 Å². The number of hydrogen-bond acceptors (Lipinski definition) is 4. The van der Waals surface area contributed by atoms with Crippen LogP contribution in [0.2, 0.25) is 5.02 Å². The van der Waals surface area contributed by atoms with E-state index >= 15 is 0 Å². The largest absolute Gasteiger partial charge is 0.451 e. The lowest BCUT2D eigenvalue weighted by Crippen LogP contribution is -2.28. The van der Waals surface area contributed by atoms with Crippen molar-refractivity contribution in [3.05, 3.63) is 70.5 Å². The third-order valence-corrected chi connectivity index (χ3v) is 4.19. The number of carbonyl (C=O) groups is 2. The molecule has 1 heterocycles. The summed E-state index contributed by atoms with van der Waals surface area (Å²) in [5.74, 6) is -1.33. The molecule has 144 valence electrons. The zero-order valence-corrected chi connectivity index (χ0v) is 16.4. The van der Waals surface area contributed by atoms with E-state index in [2.05, 4.69) is 11.9 Å². The van der Waals surface area contributed by atoms with Gasteiger partial charge in [0.2, 0.25) is 0 Å². The Morgan fingerprint density at radius 1 is 1.36 bits per heavy atom. The number of hydrogen-bond donors (Lipinski definition) is 1. The third kappa shape index (κ3) is 5.12. The summed E-state index contributed by atoms with van der Waals surface area (Å²) in [5, 5.41) is 12.4. The third-order valence-electron chi connectivity index (χ3n) is 3.95. The number of nitriles is 1. The van der Waals surface area contributed by atoms with Crippen LogP contribution in [0.25, 0.3) is 11.8 Å². The standard InChI is InChI=1S/C21H20ClN3O3/c1-4-8-24-20(26)13-28-21(27)17(12-23)10-16-9-14(2)25(15(16)3)19-7-5-6-18(22)11-19/h4-7,9-11H,1,8,13H2,2-3H3,(H,24,26)/b17-10+. The summed E-state index contributed by atoms with van der Waals surface area (Å²) in [7, 11) is 0. The molecule has 1 N–H and O–H groups in total. The van der Waals surface area contributed by atoms with Crippen LogP contribution in [0.4, 0.5) is 0 Å². The van der Waals surface area contributed by atoms with E-state index in [1.165, 1.54) is 12.2 Å². The first-order valence-corrected chi connectivity index (χ1v) is 8.86. The number of amides is 1. The summed E-state index contributed by atoms with van der Waals surface area (Å²) in [6.07, 6.45) is 2.96. The predicted octanol–water partition coefficient (Wildman–Crippen LogP) is 3.50. The molecule has 2 rings (SSSR count). The van der Waals surface area contributed by atoms with E-state index in [4.69, 9.17) is 16.3 Å². The molecule has 0 spiro atoms. The number of nitrogens with one attached hydrogen (secondary N) is 1. The summed E-state index contributed by atoms with van der Waals surface area (Å²) >= 11 is 6.08. The SMILES string of the molecule is C=CCNC(=O)COC(=O)/C(C#N)=C/c1cc(C)n(-c2cccc(Cl)c2)c1C. The number of halogens is 1. The minimum Gasteiger partial charge on any atom is -0.451 e. The van der Waals surface area contributed by atoms with Crippen molar-refractivity contribution in [1.82, 2.24) is 9.88 Å². The summed E-state index contributed by atoms with van der Waals surface area (Å²) in [5.41, 5.74) is 3.14. The van der Waals surface area contributed by atoms with Crippen LogP contribution in [-0.4, -0.2) is 29.6 Å². The lowest BCUT2D eigenvalue weighted by molar-refractivity contribution is -0.144. The van der Waals surface area contributed by atoms with Gasteiger partial charge < -0.3 is 14.6 Å². The van der Waals surface area contributed by atoms with Gasteiger partial charge in [0.05, 0.1) is 0 Å². The van der Waals surface area contributed by atoms with E-state index in [9.17, 15) is 14.9 Å². The second kappa shape index (κ2) is 9.58. The van der Waals surface area contributed by atoms with Crippen LogP contribution in [0, 0.1) is 25.2 Å². The number of aromatic nitrogens is 1. The second-order valence-corrected chi connectivity index (χ2v) is 6.42. The van der Waals surface area contributed by atoms with Crippen LogP contribution >= 0.6 is 11.6 Å². The molecule has 1 aromatic heterocycles. The lowest BCUT2D eigenvalue weighted by atomic mass is 10.1. The molecular weight excluding hydrogens is 378 g/mol. The highest BCUT2D eigenvalue weighted by Crippen LogP contribution is 2.24. The quantitative estimate of drug-likeness (QED) is 0.335. The van der Waals surface area contributed by atoms with Gasteiger partial charge in [0.25, 0.3) is 5.91 Å². The average Bonchev–Trinajstić information content (AvgIpc) is 2.95. The molecule has 2 aromatic rings. The van der Waals surface area contributed by atoms with Gasteiger partial charge in [-0.1, -0.05) is 23.7 Å². The number of carbonyl (C=O) groups excluding carboxylic acids is 2. The number of aryl methyl sites for hydroxylation is 1. The van der Waals surface area contributed by atoms with Crippen LogP contribution in [0.5, 0.6) is 0 Å². The Hall–Kier alpha value is -3.30. The van der Waals surface area contributed by atoms with Crippen molar-refractivity contribution in [2.75, 3.05) is 13.2 Å². The van der Waals surface area contributed by atoms with Crippen molar-refractivity contribution in [3.63, 3.8) is 0 Å². The molecule has 0 radical (unpaired) electrons. The molecule has 7 heteroatoms. The Balaban J connectivity index is 2.24. The number of esters is 1. The Morgan fingerprint density at radius 3 is 2.75 bits per heavy atom. The fourth-order valence-corrected chi connectivity index (χ4v) is 2.87. The Bertz CT molecular complexity index is 983. The molecule has 0 atom stereocenters. The van der Waals surface area contributed by atoms with Gasteiger partial charge in [0, 0.05) is 28.6 Å². The molecule has 0 aliphatic carbocycles. The van der Waals surface area contributed by atoms with Gasteiger partial charge in [0.15, 0.2) is 6.61 Å². The van der Waals surface area contributed by atoms with E-state index in [0.29, 0.717) is 10.6 Å². The molecule has 0 aliphatic heterocycles. The van der Waals surface area contributed by atoms with Gasteiger partial charge in [-0.3, -0.25) is 4.79 Å². The first-order chi connectivity index (χ1) is 13.4. The van der Waals surface area contributed by atoms with Crippen molar-refractivity contribution in [2.24, 2.45) is 0 Å². The molecule has 0 aliphatic rings. The van der Waals surface area contributed by atoms with Crippen LogP contribution < -0.4 is 5.32 Å². The Morgan fingerprint density at radius 2 is 2.11 bits per heavy atom. The van der Waals surface area contributed by atoms with Gasteiger partial charge in [-0.15, -0.1) is 6.58 Å². The van der Waals surface area contributed by atoms with Gasteiger partial charge in [-0.2, -0.15) is 5.26 Å². The average molecular weight is 398 g/mol. The van der Waals surface area contributed by atoms with Crippen molar-refractivity contribution >= 4 is 29.6 Å². The highest BCUT2D eigenvalue weighted by molar-refractivity contribution is 6.30. The fraction of sp³-hybridized carbons (Fsp3) is 0.190. The second-order valence-electron chi connectivity index (χ2n) is 5.98. The molecule has 0 fully saturated rings. The predicted molar refractivity (Wildman–Crippen MR) is 108 cm³/mol. The smallest absolute Gasteiger partial charge is 0.349 e. The van der Waals surface area contributed by atoms with E-state index in [1.807, 2.05) is 48.7 Å². The van der Waals surface area contributed by atoms with E-state index in [0.717, 1.165) is 17.1 Å². The molecule has 0 saturated heterocycles. The Kier molecular flexibility index (Phi) is 7.19. The van der Waals surface area contributed by atoms with Crippen molar-refractivity contribution in [3.8, 4) is 11.8 Å². The molecule has 1 aromatic carbocycles. The number of benzene rings is 1. The van der Waals surface area contributed by atoms with Gasteiger partial charge >= 0.3 is 5.97 Å². The van der Waals surface area contributed by atoms with Crippen LogP contribution in [0.15, 0.2) is 48.6 Å². The number of rotatable bonds is 7. The van der Waals surface area contributed by atoms with Crippen LogP contribution in [-0.2, 0) is 14.3 Å². The normalized spacial score (nSPS) is 10.9. The van der Waals surface area contributed by atoms with E-state index in [-0.39, 0.29) is 12.1 Å². The summed E-state index contributed by atoms with van der Waals surface area (Å²) in [4.78, 5) is 23.6. The molecule has 0 saturated carbocycles. The maximum Gasteiger partial charge on any atom is 0.349 e. The highest BCUT2D eigenvalue weighted by Gasteiger charge is 2.16. The summed E-state index contributed by atoms with van der Waals surface area (Å²) < 4.78 is 6.88. The van der Waals surface area contributed by atoms with E-state index in [1.54, 1.807) is 6.07 Å². The van der Waals surface area contributed by atoms with Gasteiger partial charge in [-0.25, -0.2) is 4.79 Å². The van der Waals surface area contributed by atoms with Gasteiger partial charge in [-0.05, 0) is 49.8 Å². The molecule has 0 unspecified atom stereocenters.